The number of hydrogen-bond donors (Lipinski definition) is 1. The summed E-state index contributed by atoms with van der Waals surface area (Å²) in [4.78, 5) is 43.7. The molecule has 1 saturated carbocycles. The van der Waals surface area contributed by atoms with E-state index in [0.29, 0.717) is 17.9 Å². The number of piperidine rings is 1. The van der Waals surface area contributed by atoms with Crippen molar-refractivity contribution in [3.8, 4) is 0 Å². The number of ether oxygens (including phenoxy) is 2. The van der Waals surface area contributed by atoms with E-state index in [0.717, 1.165) is 32.0 Å². The minimum atomic E-state index is -0.747. The van der Waals surface area contributed by atoms with Crippen molar-refractivity contribution in [2.24, 2.45) is 5.41 Å². The van der Waals surface area contributed by atoms with E-state index < -0.39 is 18.2 Å². The third kappa shape index (κ3) is 8.66. The lowest BCUT2D eigenvalue weighted by atomic mass is 9.87. The average molecular weight is 630 g/mol. The Morgan fingerprint density at radius 3 is 2.20 bits per heavy atom. The molecule has 0 unspecified atom stereocenters. The topological polar surface area (TPSA) is 88.2 Å². The van der Waals surface area contributed by atoms with Crippen LogP contribution in [0.1, 0.15) is 82.1 Å². The highest BCUT2D eigenvalue weighted by atomic mass is 32.1. The highest BCUT2D eigenvalue weighted by Gasteiger charge is 2.53. The predicted octanol–water partition coefficient (Wildman–Crippen LogP) is 3.73. The lowest BCUT2D eigenvalue weighted by Gasteiger charge is -2.32. The van der Waals surface area contributed by atoms with Crippen molar-refractivity contribution in [3.05, 3.63) is 35.4 Å². The van der Waals surface area contributed by atoms with Crippen LogP contribution in [0.2, 0.25) is 0 Å². The zero-order valence-electron chi connectivity index (χ0n) is 24.1. The van der Waals surface area contributed by atoms with Crippen LogP contribution in [-0.2, 0) is 19.1 Å². The average Bonchev–Trinajstić information content (AvgIpc) is 3.56. The third-order valence-corrected chi connectivity index (χ3v) is 8.38. The van der Waals surface area contributed by atoms with Gasteiger partial charge in [-0.25, -0.2) is 0 Å². The zero-order chi connectivity index (χ0) is 26.3. The molecule has 11 heteroatoms. The molecule has 3 heterocycles. The summed E-state index contributed by atoms with van der Waals surface area (Å²) < 4.78 is 11.1. The first-order valence-electron chi connectivity index (χ1n) is 13.8. The van der Waals surface area contributed by atoms with Gasteiger partial charge in [0.05, 0.1) is 6.54 Å². The van der Waals surface area contributed by atoms with Gasteiger partial charge in [0.15, 0.2) is 5.78 Å². The molecular formula is C30H51N3O5S3. The van der Waals surface area contributed by atoms with Gasteiger partial charge in [-0.1, -0.05) is 40.3 Å². The molecule has 0 aromatic heterocycles. The van der Waals surface area contributed by atoms with Gasteiger partial charge in [0.2, 0.25) is 5.91 Å². The van der Waals surface area contributed by atoms with Gasteiger partial charge >= 0.3 is 0 Å². The number of amides is 2. The van der Waals surface area contributed by atoms with Crippen LogP contribution < -0.4 is 5.32 Å². The van der Waals surface area contributed by atoms with Gasteiger partial charge in [-0.15, -0.1) is 0 Å². The number of fused-ring (bicyclic) bond motifs is 1. The molecule has 1 aromatic rings. The SMILES string of the molecule is C.CO[C@@H]1CN(C(=O)[C@H](CC(C)(C)C)NC(=O)c2ccc(C3CCN(C4CC4)CC3)cc2)[C@@H]2C(=O)CO[C@@H]21.S.S.S. The van der Waals surface area contributed by atoms with Gasteiger partial charge in [0.25, 0.3) is 5.91 Å². The minimum Gasteiger partial charge on any atom is -0.377 e. The summed E-state index contributed by atoms with van der Waals surface area (Å²) >= 11 is 0. The molecule has 5 rings (SSSR count). The highest BCUT2D eigenvalue weighted by molar-refractivity contribution is 7.59. The third-order valence-electron chi connectivity index (χ3n) is 8.38. The van der Waals surface area contributed by atoms with Crippen LogP contribution in [0, 0.1) is 5.41 Å². The summed E-state index contributed by atoms with van der Waals surface area (Å²) in [5.41, 5.74) is 1.62. The van der Waals surface area contributed by atoms with Crippen molar-refractivity contribution in [1.82, 2.24) is 15.1 Å². The number of hydrogen-bond acceptors (Lipinski definition) is 6. The Balaban J connectivity index is 0.00000210. The molecule has 1 N–H and O–H groups in total. The second-order valence-corrected chi connectivity index (χ2v) is 12.4. The Labute approximate surface area is 267 Å². The summed E-state index contributed by atoms with van der Waals surface area (Å²) in [6, 6.07) is 7.30. The molecule has 4 fully saturated rings. The molecule has 0 spiro atoms. The Hall–Kier alpha value is -1.24. The summed E-state index contributed by atoms with van der Waals surface area (Å²) in [6.07, 6.45) is 4.67. The maximum Gasteiger partial charge on any atom is 0.251 e. The van der Waals surface area contributed by atoms with Crippen LogP contribution in [-0.4, -0.2) is 91.1 Å². The van der Waals surface area contributed by atoms with Crippen molar-refractivity contribution >= 4 is 58.1 Å². The number of benzene rings is 1. The summed E-state index contributed by atoms with van der Waals surface area (Å²) in [5.74, 6) is -0.107. The number of carbonyl (C=O) groups is 3. The molecule has 3 saturated heterocycles. The fourth-order valence-electron chi connectivity index (χ4n) is 6.25. The van der Waals surface area contributed by atoms with Crippen LogP contribution in [0.15, 0.2) is 24.3 Å². The van der Waals surface area contributed by atoms with Crippen LogP contribution in [0.4, 0.5) is 0 Å². The molecule has 0 radical (unpaired) electrons. The van der Waals surface area contributed by atoms with Gasteiger partial charge in [-0.05, 0) is 74.2 Å². The maximum absolute atomic E-state index is 13.7. The van der Waals surface area contributed by atoms with Crippen molar-refractivity contribution in [3.63, 3.8) is 0 Å². The second kappa shape index (κ2) is 15.5. The zero-order valence-corrected chi connectivity index (χ0v) is 27.1. The quantitative estimate of drug-likeness (QED) is 0.495. The van der Waals surface area contributed by atoms with Crippen LogP contribution >= 0.6 is 40.5 Å². The van der Waals surface area contributed by atoms with Crippen LogP contribution in [0.25, 0.3) is 0 Å². The molecule has 4 atom stereocenters. The molecule has 0 bridgehead atoms. The number of ketones is 1. The fourth-order valence-corrected chi connectivity index (χ4v) is 6.25. The van der Waals surface area contributed by atoms with E-state index in [1.165, 1.54) is 18.4 Å². The lowest BCUT2D eigenvalue weighted by Crippen LogP contribution is -2.53. The van der Waals surface area contributed by atoms with E-state index >= 15 is 0 Å². The summed E-state index contributed by atoms with van der Waals surface area (Å²) in [6.45, 7) is 8.70. The Morgan fingerprint density at radius 2 is 1.66 bits per heavy atom. The molecule has 41 heavy (non-hydrogen) atoms. The minimum absolute atomic E-state index is 0. The Kier molecular flexibility index (Phi) is 14.3. The highest BCUT2D eigenvalue weighted by Crippen LogP contribution is 2.35. The van der Waals surface area contributed by atoms with E-state index in [-0.39, 0.29) is 90.2 Å². The largest absolute Gasteiger partial charge is 0.377 e. The molecule has 3 aliphatic heterocycles. The van der Waals surface area contributed by atoms with E-state index in [2.05, 4.69) is 22.3 Å². The summed E-state index contributed by atoms with van der Waals surface area (Å²) in [5, 5.41) is 2.99. The molecular weight excluding hydrogens is 579 g/mol. The molecule has 8 nitrogen and oxygen atoms in total. The number of methoxy groups -OCH3 is 1. The van der Waals surface area contributed by atoms with Gasteiger partial charge in [0, 0.05) is 18.7 Å². The lowest BCUT2D eigenvalue weighted by molar-refractivity contribution is -0.138. The standard InChI is InChI=1S/C29H41N3O5.CH4.3H2S/c1-29(2,3)15-22(28(35)32-16-24(36-4)26-25(32)23(33)17-37-26)30-27(34)20-7-5-18(6-8-20)19-11-13-31(14-12-19)21-9-10-21;;;;/h5-8,19,21-22,24-26H,9-17H2,1-4H3,(H,30,34);1H4;3*1H2/t22-,24+,25+,26+;;;;/m0..../s1. The monoisotopic (exact) mass is 629 g/mol. The molecule has 1 aromatic carbocycles. The Bertz CT molecular complexity index is 1020. The van der Waals surface area contributed by atoms with Crippen molar-refractivity contribution < 1.29 is 23.9 Å². The van der Waals surface area contributed by atoms with E-state index in [4.69, 9.17) is 9.47 Å². The van der Waals surface area contributed by atoms with Crippen LogP contribution in [0.5, 0.6) is 0 Å². The van der Waals surface area contributed by atoms with E-state index in [1.54, 1.807) is 12.0 Å². The van der Waals surface area contributed by atoms with E-state index in [1.807, 2.05) is 32.9 Å². The number of nitrogens with one attached hydrogen (secondary N) is 1. The number of carbonyl (C=O) groups excluding carboxylic acids is 3. The molecule has 4 aliphatic rings. The first-order chi connectivity index (χ1) is 17.6. The molecule has 1 aliphatic carbocycles. The van der Waals surface area contributed by atoms with Gasteiger partial charge in [-0.2, -0.15) is 40.5 Å². The Morgan fingerprint density at radius 1 is 1.05 bits per heavy atom. The van der Waals surface area contributed by atoms with Gasteiger partial charge < -0.3 is 24.6 Å². The first-order valence-corrected chi connectivity index (χ1v) is 13.8. The molecule has 2 amide bonds. The molecule has 234 valence electrons. The number of Topliss-reactive ketones (excluding diaryl/α,β-unsaturated/α-hetero) is 1. The number of likely N-dealkylation sites (tertiary alicyclic amines) is 2. The fraction of sp³-hybridized carbons (Fsp3) is 0.700. The van der Waals surface area contributed by atoms with Crippen molar-refractivity contribution in [1.29, 1.82) is 0 Å². The smallest absolute Gasteiger partial charge is 0.251 e. The number of nitrogens with zero attached hydrogens (tertiary/aromatic N) is 2. The summed E-state index contributed by atoms with van der Waals surface area (Å²) in [7, 11) is 1.57. The first kappa shape index (κ1) is 37.8. The van der Waals surface area contributed by atoms with Crippen LogP contribution in [0.3, 0.4) is 0 Å². The number of rotatable bonds is 7. The van der Waals surface area contributed by atoms with Gasteiger partial charge in [0.1, 0.15) is 30.9 Å². The normalized spacial score (nSPS) is 25.1. The van der Waals surface area contributed by atoms with E-state index in [9.17, 15) is 14.4 Å². The predicted molar refractivity (Wildman–Crippen MR) is 177 cm³/mol. The van der Waals surface area contributed by atoms with Gasteiger partial charge in [-0.3, -0.25) is 14.4 Å². The maximum atomic E-state index is 13.7. The van der Waals surface area contributed by atoms with Crippen molar-refractivity contribution in [2.75, 3.05) is 33.4 Å². The van der Waals surface area contributed by atoms with Crippen molar-refractivity contribution in [2.45, 2.75) is 96.6 Å². The second-order valence-electron chi connectivity index (χ2n) is 12.4.